The summed E-state index contributed by atoms with van der Waals surface area (Å²) in [6.07, 6.45) is -0.0121. The number of pyridine rings is 1. The first-order valence-corrected chi connectivity index (χ1v) is 9.59. The number of nitrogens with zero attached hydrogens (tertiary/aromatic N) is 3. The molecule has 1 aromatic carbocycles. The minimum absolute atomic E-state index is 0.265. The number of halogens is 3. The minimum atomic E-state index is -4.34. The van der Waals surface area contributed by atoms with E-state index in [1.54, 1.807) is 24.5 Å². The van der Waals surface area contributed by atoms with Crippen LogP contribution in [0, 0.1) is 0 Å². The third-order valence-electron chi connectivity index (χ3n) is 4.92. The predicted octanol–water partition coefficient (Wildman–Crippen LogP) is 3.82. The molecule has 0 unspecified atom stereocenters. The second-order valence-electron chi connectivity index (χ2n) is 7.03. The molecule has 2 aromatic rings. The molecule has 4 nitrogen and oxygen atoms in total. The van der Waals surface area contributed by atoms with Crippen molar-refractivity contribution in [2.24, 2.45) is 0 Å². The average molecular weight is 393 g/mol. The summed E-state index contributed by atoms with van der Waals surface area (Å²) in [6.45, 7) is 5.85. The van der Waals surface area contributed by atoms with Gasteiger partial charge < -0.3 is 4.74 Å². The zero-order valence-corrected chi connectivity index (χ0v) is 15.9. The van der Waals surface area contributed by atoms with Gasteiger partial charge in [-0.3, -0.25) is 14.8 Å². The molecule has 0 spiro atoms. The summed E-state index contributed by atoms with van der Waals surface area (Å²) >= 11 is 0. The van der Waals surface area contributed by atoms with Gasteiger partial charge in [-0.2, -0.15) is 13.2 Å². The molecular formula is C21H26F3N3O. The molecule has 0 N–H and O–H groups in total. The molecule has 0 amide bonds. The Morgan fingerprint density at radius 3 is 2.43 bits per heavy atom. The number of ether oxygens (including phenoxy) is 1. The average Bonchev–Trinajstić information content (AvgIpc) is 2.69. The van der Waals surface area contributed by atoms with Gasteiger partial charge in [0.15, 0.2) is 0 Å². The van der Waals surface area contributed by atoms with Gasteiger partial charge in [-0.05, 0) is 42.3 Å². The monoisotopic (exact) mass is 393 g/mol. The fourth-order valence-electron chi connectivity index (χ4n) is 3.48. The third kappa shape index (κ3) is 6.29. The Kier molecular flexibility index (Phi) is 7.42. The van der Waals surface area contributed by atoms with Gasteiger partial charge in [0.2, 0.25) is 0 Å². The van der Waals surface area contributed by atoms with E-state index in [1.807, 2.05) is 12.1 Å². The number of aromatic nitrogens is 1. The normalized spacial score (nSPS) is 15.9. The molecule has 0 bridgehead atoms. The van der Waals surface area contributed by atoms with E-state index in [0.717, 1.165) is 57.4 Å². The lowest BCUT2D eigenvalue weighted by atomic mass is 10.1. The van der Waals surface area contributed by atoms with Crippen molar-refractivity contribution in [1.82, 2.24) is 14.8 Å². The van der Waals surface area contributed by atoms with Crippen molar-refractivity contribution in [2.75, 3.05) is 39.4 Å². The number of benzene rings is 1. The van der Waals surface area contributed by atoms with E-state index < -0.39 is 11.7 Å². The van der Waals surface area contributed by atoms with Gasteiger partial charge in [-0.15, -0.1) is 0 Å². The Bertz CT molecular complexity index is 718. The Hall–Kier alpha value is -1.96. The van der Waals surface area contributed by atoms with Gasteiger partial charge in [0.1, 0.15) is 0 Å². The molecule has 1 aliphatic heterocycles. The quantitative estimate of drug-likeness (QED) is 0.682. The molecule has 2 heterocycles. The largest absolute Gasteiger partial charge is 0.416 e. The molecule has 28 heavy (non-hydrogen) atoms. The van der Waals surface area contributed by atoms with Crippen molar-refractivity contribution in [1.29, 1.82) is 0 Å². The van der Waals surface area contributed by atoms with E-state index in [-0.39, 0.29) is 6.54 Å². The second-order valence-corrected chi connectivity index (χ2v) is 7.03. The van der Waals surface area contributed by atoms with Crippen LogP contribution in [-0.4, -0.2) is 54.2 Å². The maximum Gasteiger partial charge on any atom is 0.416 e. The fraction of sp³-hybridized carbons (Fsp3) is 0.476. The summed E-state index contributed by atoms with van der Waals surface area (Å²) in [5.41, 5.74) is 0.809. The first kappa shape index (κ1) is 20.8. The van der Waals surface area contributed by atoms with Crippen LogP contribution in [0.4, 0.5) is 13.2 Å². The van der Waals surface area contributed by atoms with E-state index in [0.29, 0.717) is 12.1 Å². The number of hydrogen-bond acceptors (Lipinski definition) is 4. The zero-order chi connectivity index (χ0) is 19.8. The molecule has 3 rings (SSSR count). The highest BCUT2D eigenvalue weighted by Gasteiger charge is 2.33. The molecule has 1 saturated heterocycles. The minimum Gasteiger partial charge on any atom is -0.379 e. The first-order chi connectivity index (χ1) is 13.5. The number of alkyl halides is 3. The van der Waals surface area contributed by atoms with Crippen LogP contribution in [0.2, 0.25) is 0 Å². The topological polar surface area (TPSA) is 28.6 Å². The molecule has 7 heteroatoms. The Morgan fingerprint density at radius 2 is 1.71 bits per heavy atom. The molecule has 1 aromatic heterocycles. The SMILES string of the molecule is FC(F)(F)c1ccccc1CN(CCCN1CCOCC1)Cc1ccncc1. The van der Waals surface area contributed by atoms with Crippen LogP contribution in [0.1, 0.15) is 23.1 Å². The standard InChI is InChI=1S/C21H26F3N3O/c22-21(23,24)20-5-2-1-4-19(20)17-27(16-18-6-8-25-9-7-18)11-3-10-26-12-14-28-15-13-26/h1-2,4-9H,3,10-17H2. The van der Waals surface area contributed by atoms with Crippen LogP contribution in [0.15, 0.2) is 48.8 Å². The van der Waals surface area contributed by atoms with Crippen LogP contribution < -0.4 is 0 Å². The van der Waals surface area contributed by atoms with Crippen LogP contribution >= 0.6 is 0 Å². The molecule has 1 fully saturated rings. The van der Waals surface area contributed by atoms with Crippen molar-refractivity contribution in [2.45, 2.75) is 25.7 Å². The van der Waals surface area contributed by atoms with Gasteiger partial charge in [-0.1, -0.05) is 18.2 Å². The zero-order valence-electron chi connectivity index (χ0n) is 15.9. The summed E-state index contributed by atoms with van der Waals surface area (Å²) in [5, 5.41) is 0. The van der Waals surface area contributed by atoms with Gasteiger partial charge in [-0.25, -0.2) is 0 Å². The molecule has 0 aliphatic carbocycles. The maximum absolute atomic E-state index is 13.4. The van der Waals surface area contributed by atoms with Crippen LogP contribution in [0.3, 0.4) is 0 Å². The molecule has 152 valence electrons. The molecule has 0 atom stereocenters. The highest BCUT2D eigenvalue weighted by molar-refractivity contribution is 5.29. The highest BCUT2D eigenvalue weighted by Crippen LogP contribution is 2.32. The van der Waals surface area contributed by atoms with Crippen LogP contribution in [0.5, 0.6) is 0 Å². The van der Waals surface area contributed by atoms with Crippen molar-refractivity contribution in [3.63, 3.8) is 0 Å². The number of rotatable bonds is 8. The summed E-state index contributed by atoms with van der Waals surface area (Å²) in [7, 11) is 0. The summed E-state index contributed by atoms with van der Waals surface area (Å²) in [5.74, 6) is 0. The van der Waals surface area contributed by atoms with Gasteiger partial charge >= 0.3 is 6.18 Å². The lowest BCUT2D eigenvalue weighted by Crippen LogP contribution is -2.38. The summed E-state index contributed by atoms with van der Waals surface area (Å²) in [6, 6.07) is 9.66. The van der Waals surface area contributed by atoms with Gasteiger partial charge in [0, 0.05) is 45.1 Å². The second kappa shape index (κ2) is 10.0. The molecular weight excluding hydrogens is 367 g/mol. The lowest BCUT2D eigenvalue weighted by Gasteiger charge is -2.29. The van der Waals surface area contributed by atoms with E-state index in [9.17, 15) is 13.2 Å². The molecule has 0 saturated carbocycles. The Labute approximate surface area is 163 Å². The summed E-state index contributed by atoms with van der Waals surface area (Å²) in [4.78, 5) is 8.45. The first-order valence-electron chi connectivity index (χ1n) is 9.59. The smallest absolute Gasteiger partial charge is 0.379 e. The third-order valence-corrected chi connectivity index (χ3v) is 4.92. The maximum atomic E-state index is 13.4. The van der Waals surface area contributed by atoms with Crippen LogP contribution in [-0.2, 0) is 24.0 Å². The van der Waals surface area contributed by atoms with Crippen LogP contribution in [0.25, 0.3) is 0 Å². The molecule has 0 radical (unpaired) electrons. The highest BCUT2D eigenvalue weighted by atomic mass is 19.4. The van der Waals surface area contributed by atoms with Crippen molar-refractivity contribution >= 4 is 0 Å². The summed E-state index contributed by atoms with van der Waals surface area (Å²) < 4.78 is 45.5. The van der Waals surface area contributed by atoms with Crippen molar-refractivity contribution < 1.29 is 17.9 Å². The fourth-order valence-corrected chi connectivity index (χ4v) is 3.48. The molecule has 1 aliphatic rings. The van der Waals surface area contributed by atoms with Crippen molar-refractivity contribution in [3.05, 3.63) is 65.5 Å². The number of morpholine rings is 1. The lowest BCUT2D eigenvalue weighted by molar-refractivity contribution is -0.138. The van der Waals surface area contributed by atoms with E-state index in [2.05, 4.69) is 14.8 Å². The van der Waals surface area contributed by atoms with Gasteiger partial charge in [0.05, 0.1) is 18.8 Å². The number of hydrogen-bond donors (Lipinski definition) is 0. The van der Waals surface area contributed by atoms with E-state index in [1.165, 1.54) is 6.07 Å². The Morgan fingerprint density at radius 1 is 1.00 bits per heavy atom. The van der Waals surface area contributed by atoms with Gasteiger partial charge in [0.25, 0.3) is 0 Å². The van der Waals surface area contributed by atoms with E-state index in [4.69, 9.17) is 4.74 Å². The Balaban J connectivity index is 1.67. The predicted molar refractivity (Wildman–Crippen MR) is 102 cm³/mol. The van der Waals surface area contributed by atoms with E-state index >= 15 is 0 Å². The van der Waals surface area contributed by atoms with Crippen molar-refractivity contribution in [3.8, 4) is 0 Å².